The van der Waals surface area contributed by atoms with Crippen molar-refractivity contribution in [2.75, 3.05) is 20.1 Å². The van der Waals surface area contributed by atoms with Gasteiger partial charge in [-0.05, 0) is 52.1 Å². The molecule has 2 fully saturated rings. The lowest BCUT2D eigenvalue weighted by Gasteiger charge is -2.32. The number of nitrogens with one attached hydrogen (secondary N) is 1. The van der Waals surface area contributed by atoms with Crippen molar-refractivity contribution in [1.82, 2.24) is 10.2 Å². The second-order valence-electron chi connectivity index (χ2n) is 6.70. The smallest absolute Gasteiger partial charge is 0.220 e. The summed E-state index contributed by atoms with van der Waals surface area (Å²) in [6.07, 6.45) is 10.1. The molecule has 0 unspecified atom stereocenters. The SMILES string of the molecule is CN1CCCC[C@@H]1CCC(=O)NCCC1(O)CCCC1. The van der Waals surface area contributed by atoms with Gasteiger partial charge in [-0.1, -0.05) is 19.3 Å². The van der Waals surface area contributed by atoms with E-state index in [9.17, 15) is 9.90 Å². The first-order chi connectivity index (χ1) is 9.59. The van der Waals surface area contributed by atoms with E-state index in [4.69, 9.17) is 0 Å². The summed E-state index contributed by atoms with van der Waals surface area (Å²) in [5, 5.41) is 13.2. The van der Waals surface area contributed by atoms with Crippen LogP contribution in [0.3, 0.4) is 0 Å². The molecule has 0 aromatic carbocycles. The third kappa shape index (κ3) is 4.74. The molecule has 1 amide bonds. The van der Waals surface area contributed by atoms with E-state index < -0.39 is 5.60 Å². The minimum atomic E-state index is -0.503. The highest BCUT2D eigenvalue weighted by atomic mass is 16.3. The molecule has 116 valence electrons. The van der Waals surface area contributed by atoms with E-state index in [0.29, 0.717) is 25.4 Å². The van der Waals surface area contributed by atoms with Crippen molar-refractivity contribution in [2.24, 2.45) is 0 Å². The van der Waals surface area contributed by atoms with Crippen LogP contribution in [0.25, 0.3) is 0 Å². The topological polar surface area (TPSA) is 52.6 Å². The van der Waals surface area contributed by atoms with Gasteiger partial charge in [0.05, 0.1) is 5.60 Å². The van der Waals surface area contributed by atoms with Gasteiger partial charge in [-0.2, -0.15) is 0 Å². The average Bonchev–Trinajstić information content (AvgIpc) is 2.85. The highest BCUT2D eigenvalue weighted by molar-refractivity contribution is 5.75. The monoisotopic (exact) mass is 282 g/mol. The third-order valence-electron chi connectivity index (χ3n) is 5.07. The first-order valence-corrected chi connectivity index (χ1v) is 8.28. The summed E-state index contributed by atoms with van der Waals surface area (Å²) in [4.78, 5) is 14.2. The second kappa shape index (κ2) is 7.41. The van der Waals surface area contributed by atoms with Crippen molar-refractivity contribution in [3.05, 3.63) is 0 Å². The van der Waals surface area contributed by atoms with Crippen molar-refractivity contribution in [3.8, 4) is 0 Å². The molecule has 0 aromatic rings. The highest BCUT2D eigenvalue weighted by Gasteiger charge is 2.30. The maximum absolute atomic E-state index is 11.9. The number of nitrogens with zero attached hydrogens (tertiary/aromatic N) is 1. The number of hydrogen-bond donors (Lipinski definition) is 2. The van der Waals surface area contributed by atoms with Gasteiger partial charge in [0.2, 0.25) is 5.91 Å². The number of carbonyl (C=O) groups excluding carboxylic acids is 1. The van der Waals surface area contributed by atoms with E-state index in [2.05, 4.69) is 17.3 Å². The van der Waals surface area contributed by atoms with Crippen molar-refractivity contribution in [3.63, 3.8) is 0 Å². The fourth-order valence-electron chi connectivity index (χ4n) is 3.61. The van der Waals surface area contributed by atoms with Gasteiger partial charge in [0, 0.05) is 19.0 Å². The Bertz CT molecular complexity index is 314. The van der Waals surface area contributed by atoms with Crippen LogP contribution in [0.4, 0.5) is 0 Å². The largest absolute Gasteiger partial charge is 0.390 e. The van der Waals surface area contributed by atoms with E-state index in [1.165, 1.54) is 25.8 Å². The molecule has 0 spiro atoms. The molecule has 2 aliphatic rings. The van der Waals surface area contributed by atoms with Gasteiger partial charge >= 0.3 is 0 Å². The molecule has 2 rings (SSSR count). The Hall–Kier alpha value is -0.610. The van der Waals surface area contributed by atoms with Crippen molar-refractivity contribution in [2.45, 2.75) is 75.9 Å². The van der Waals surface area contributed by atoms with Gasteiger partial charge in [-0.3, -0.25) is 4.79 Å². The second-order valence-corrected chi connectivity index (χ2v) is 6.70. The fourth-order valence-corrected chi connectivity index (χ4v) is 3.61. The zero-order valence-corrected chi connectivity index (χ0v) is 12.9. The summed E-state index contributed by atoms with van der Waals surface area (Å²) in [7, 11) is 2.16. The maximum Gasteiger partial charge on any atom is 0.220 e. The normalized spacial score (nSPS) is 26.6. The Morgan fingerprint density at radius 3 is 2.75 bits per heavy atom. The molecule has 1 aliphatic carbocycles. The third-order valence-corrected chi connectivity index (χ3v) is 5.07. The number of aliphatic hydroxyl groups is 1. The first-order valence-electron chi connectivity index (χ1n) is 8.28. The molecule has 1 heterocycles. The molecular formula is C16H30N2O2. The predicted molar refractivity (Wildman–Crippen MR) is 80.5 cm³/mol. The lowest BCUT2D eigenvalue weighted by Crippen LogP contribution is -2.38. The molecule has 0 radical (unpaired) electrons. The predicted octanol–water partition coefficient (Wildman–Crippen LogP) is 2.06. The summed E-state index contributed by atoms with van der Waals surface area (Å²) in [5.41, 5.74) is -0.503. The van der Waals surface area contributed by atoms with Crippen LogP contribution in [0.5, 0.6) is 0 Å². The Labute approximate surface area is 122 Å². The Morgan fingerprint density at radius 1 is 1.30 bits per heavy atom. The standard InChI is InChI=1S/C16H30N2O2/c1-18-13-5-2-6-14(18)7-8-15(19)17-12-11-16(20)9-3-4-10-16/h14,20H,2-13H2,1H3,(H,17,19)/t14-/m1/s1. The van der Waals surface area contributed by atoms with Gasteiger partial charge < -0.3 is 15.3 Å². The molecule has 2 N–H and O–H groups in total. The molecule has 1 saturated carbocycles. The molecule has 1 aliphatic heterocycles. The quantitative estimate of drug-likeness (QED) is 0.784. The maximum atomic E-state index is 11.9. The summed E-state index contributed by atoms with van der Waals surface area (Å²) in [6, 6.07) is 0.577. The van der Waals surface area contributed by atoms with Gasteiger partial charge in [0.25, 0.3) is 0 Å². The van der Waals surface area contributed by atoms with Crippen LogP contribution in [0.2, 0.25) is 0 Å². The molecule has 4 nitrogen and oxygen atoms in total. The van der Waals surface area contributed by atoms with Crippen LogP contribution in [-0.2, 0) is 4.79 Å². The summed E-state index contributed by atoms with van der Waals surface area (Å²) < 4.78 is 0. The average molecular weight is 282 g/mol. The van der Waals surface area contributed by atoms with E-state index in [1.807, 2.05) is 0 Å². The zero-order chi connectivity index (χ0) is 14.4. The van der Waals surface area contributed by atoms with Crippen LogP contribution in [-0.4, -0.2) is 47.7 Å². The first kappa shape index (κ1) is 15.8. The minimum Gasteiger partial charge on any atom is -0.390 e. The van der Waals surface area contributed by atoms with Crippen molar-refractivity contribution < 1.29 is 9.90 Å². The Kier molecular flexibility index (Phi) is 5.85. The number of piperidine rings is 1. The Balaban J connectivity index is 1.58. The van der Waals surface area contributed by atoms with Crippen molar-refractivity contribution >= 4 is 5.91 Å². The Morgan fingerprint density at radius 2 is 2.05 bits per heavy atom. The minimum absolute atomic E-state index is 0.144. The van der Waals surface area contributed by atoms with Crippen LogP contribution in [0, 0.1) is 0 Å². The van der Waals surface area contributed by atoms with E-state index in [-0.39, 0.29) is 5.91 Å². The van der Waals surface area contributed by atoms with Crippen LogP contribution in [0.1, 0.15) is 64.2 Å². The highest BCUT2D eigenvalue weighted by Crippen LogP contribution is 2.31. The number of rotatable bonds is 6. The van der Waals surface area contributed by atoms with Gasteiger partial charge in [-0.25, -0.2) is 0 Å². The molecule has 20 heavy (non-hydrogen) atoms. The lowest BCUT2D eigenvalue weighted by molar-refractivity contribution is -0.121. The molecule has 1 atom stereocenters. The van der Waals surface area contributed by atoms with Gasteiger partial charge in [0.1, 0.15) is 0 Å². The summed E-state index contributed by atoms with van der Waals surface area (Å²) >= 11 is 0. The number of carbonyl (C=O) groups is 1. The summed E-state index contributed by atoms with van der Waals surface area (Å²) in [6.45, 7) is 1.79. The van der Waals surface area contributed by atoms with Gasteiger partial charge in [-0.15, -0.1) is 0 Å². The van der Waals surface area contributed by atoms with E-state index in [1.54, 1.807) is 0 Å². The zero-order valence-electron chi connectivity index (χ0n) is 12.9. The molecular weight excluding hydrogens is 252 g/mol. The number of hydrogen-bond acceptors (Lipinski definition) is 3. The van der Waals surface area contributed by atoms with E-state index >= 15 is 0 Å². The van der Waals surface area contributed by atoms with Crippen LogP contribution in [0.15, 0.2) is 0 Å². The number of amides is 1. The number of likely N-dealkylation sites (tertiary alicyclic amines) is 1. The lowest BCUT2D eigenvalue weighted by atomic mass is 9.97. The molecule has 0 bridgehead atoms. The molecule has 4 heteroatoms. The van der Waals surface area contributed by atoms with E-state index in [0.717, 1.165) is 32.1 Å². The summed E-state index contributed by atoms with van der Waals surface area (Å²) in [5.74, 6) is 0.144. The van der Waals surface area contributed by atoms with Crippen LogP contribution < -0.4 is 5.32 Å². The fraction of sp³-hybridized carbons (Fsp3) is 0.938. The molecule has 1 saturated heterocycles. The van der Waals surface area contributed by atoms with Crippen LogP contribution >= 0.6 is 0 Å². The van der Waals surface area contributed by atoms with Gasteiger partial charge in [0.15, 0.2) is 0 Å². The van der Waals surface area contributed by atoms with Crippen molar-refractivity contribution in [1.29, 1.82) is 0 Å². The molecule has 0 aromatic heterocycles.